The number of hydrogen-bond donors (Lipinski definition) is 1. The highest BCUT2D eigenvalue weighted by Gasteiger charge is 2.32. The third-order valence-corrected chi connectivity index (χ3v) is 4.04. The first-order valence-corrected chi connectivity index (χ1v) is 7.46. The lowest BCUT2D eigenvalue weighted by molar-refractivity contribution is 0.480. The number of fused-ring (bicyclic) bond motifs is 1. The predicted octanol–water partition coefficient (Wildman–Crippen LogP) is 3.02. The van der Waals surface area contributed by atoms with Crippen molar-refractivity contribution in [3.63, 3.8) is 0 Å². The van der Waals surface area contributed by atoms with Crippen molar-refractivity contribution in [3.8, 4) is 0 Å². The third kappa shape index (κ3) is 2.26. The van der Waals surface area contributed by atoms with Gasteiger partial charge in [0.2, 0.25) is 0 Å². The van der Waals surface area contributed by atoms with Gasteiger partial charge in [-0.2, -0.15) is 8.42 Å². The van der Waals surface area contributed by atoms with Crippen LogP contribution in [0.1, 0.15) is 30.9 Å². The SMILES string of the molecule is CC=C1/C(=C\C)c2ccccc2C1CS(=O)(=O)O. The van der Waals surface area contributed by atoms with Crippen molar-refractivity contribution in [2.75, 3.05) is 5.75 Å². The Kier molecular flexibility index (Phi) is 3.41. The van der Waals surface area contributed by atoms with E-state index in [1.165, 1.54) is 0 Å². The Morgan fingerprint density at radius 3 is 2.44 bits per heavy atom. The molecule has 3 nitrogen and oxygen atoms in total. The molecule has 4 heteroatoms. The van der Waals surface area contributed by atoms with E-state index in [1.807, 2.05) is 50.3 Å². The fraction of sp³-hybridized carbons (Fsp3) is 0.286. The fourth-order valence-electron chi connectivity index (χ4n) is 2.63. The molecule has 1 aromatic carbocycles. The molecule has 96 valence electrons. The molecule has 18 heavy (non-hydrogen) atoms. The molecule has 1 atom stereocenters. The molecule has 1 aliphatic rings. The molecule has 0 heterocycles. The van der Waals surface area contributed by atoms with Crippen LogP contribution in [0.3, 0.4) is 0 Å². The standard InChI is InChI=1S/C14H16O3S/c1-3-10-11(4-2)14(9-18(15,16)17)13-8-6-5-7-12(10)13/h3-8,14H,9H2,1-2H3,(H,15,16,17)/b10-3+,11-4?. The van der Waals surface area contributed by atoms with Crippen molar-refractivity contribution in [3.05, 3.63) is 53.1 Å². The highest BCUT2D eigenvalue weighted by Crippen LogP contribution is 2.45. The van der Waals surface area contributed by atoms with E-state index >= 15 is 0 Å². The van der Waals surface area contributed by atoms with Crippen molar-refractivity contribution in [2.24, 2.45) is 0 Å². The largest absolute Gasteiger partial charge is 0.286 e. The van der Waals surface area contributed by atoms with E-state index in [4.69, 9.17) is 4.55 Å². The Labute approximate surface area is 108 Å². The Morgan fingerprint density at radius 1 is 1.22 bits per heavy atom. The summed E-state index contributed by atoms with van der Waals surface area (Å²) in [5, 5.41) is 0. The first-order chi connectivity index (χ1) is 8.48. The monoisotopic (exact) mass is 264 g/mol. The predicted molar refractivity (Wildman–Crippen MR) is 73.0 cm³/mol. The molecule has 1 unspecified atom stereocenters. The summed E-state index contributed by atoms with van der Waals surface area (Å²) >= 11 is 0. The molecular formula is C14H16O3S. The summed E-state index contributed by atoms with van der Waals surface area (Å²) < 4.78 is 31.4. The van der Waals surface area contributed by atoms with E-state index in [-0.39, 0.29) is 11.7 Å². The number of allylic oxidation sites excluding steroid dienone is 4. The molecule has 1 N–H and O–H groups in total. The molecule has 0 fully saturated rings. The summed E-state index contributed by atoms with van der Waals surface area (Å²) in [6, 6.07) is 7.73. The second kappa shape index (κ2) is 4.71. The summed E-state index contributed by atoms with van der Waals surface area (Å²) in [7, 11) is -3.99. The van der Waals surface area contributed by atoms with Gasteiger partial charge in [0.1, 0.15) is 0 Å². The molecule has 0 spiro atoms. The first kappa shape index (κ1) is 13.1. The van der Waals surface area contributed by atoms with Gasteiger partial charge in [-0.05, 0) is 36.1 Å². The Bertz CT molecular complexity index is 624. The number of hydrogen-bond acceptors (Lipinski definition) is 2. The van der Waals surface area contributed by atoms with Crippen LogP contribution in [0.15, 0.2) is 42.0 Å². The lowest BCUT2D eigenvalue weighted by Gasteiger charge is -2.11. The Balaban J connectivity index is 2.60. The summed E-state index contributed by atoms with van der Waals surface area (Å²) in [5.74, 6) is -0.534. The second-order valence-electron chi connectivity index (χ2n) is 4.33. The molecule has 1 aromatic rings. The van der Waals surface area contributed by atoms with Gasteiger partial charge in [0.15, 0.2) is 0 Å². The Morgan fingerprint density at radius 2 is 1.89 bits per heavy atom. The van der Waals surface area contributed by atoms with Gasteiger partial charge in [-0.1, -0.05) is 36.4 Å². The average Bonchev–Trinajstić information content (AvgIpc) is 2.61. The smallest absolute Gasteiger partial charge is 0.265 e. The third-order valence-electron chi connectivity index (χ3n) is 3.29. The quantitative estimate of drug-likeness (QED) is 0.835. The van der Waals surface area contributed by atoms with Crippen LogP contribution in [0.25, 0.3) is 5.57 Å². The van der Waals surface area contributed by atoms with Crippen molar-refractivity contribution < 1.29 is 13.0 Å². The molecule has 0 aliphatic heterocycles. The van der Waals surface area contributed by atoms with E-state index in [0.717, 1.165) is 22.3 Å². The van der Waals surface area contributed by atoms with Crippen LogP contribution >= 0.6 is 0 Å². The van der Waals surface area contributed by atoms with E-state index in [9.17, 15) is 8.42 Å². The molecule has 0 aromatic heterocycles. The van der Waals surface area contributed by atoms with Crippen LogP contribution in [-0.4, -0.2) is 18.7 Å². The van der Waals surface area contributed by atoms with E-state index in [0.29, 0.717) is 0 Å². The molecule has 0 saturated heterocycles. The van der Waals surface area contributed by atoms with E-state index in [2.05, 4.69) is 0 Å². The summed E-state index contributed by atoms with van der Waals surface area (Å²) in [5.41, 5.74) is 4.05. The van der Waals surface area contributed by atoms with Gasteiger partial charge < -0.3 is 0 Å². The Hall–Kier alpha value is -1.39. The number of benzene rings is 1. The molecule has 0 amide bonds. The molecule has 0 saturated carbocycles. The van der Waals surface area contributed by atoms with Gasteiger partial charge in [-0.15, -0.1) is 0 Å². The van der Waals surface area contributed by atoms with Gasteiger partial charge in [0, 0.05) is 5.92 Å². The van der Waals surface area contributed by atoms with Crippen LogP contribution in [0.2, 0.25) is 0 Å². The zero-order chi connectivity index (χ0) is 13.3. The van der Waals surface area contributed by atoms with Crippen molar-refractivity contribution in [2.45, 2.75) is 19.8 Å². The second-order valence-corrected chi connectivity index (χ2v) is 5.83. The highest BCUT2D eigenvalue weighted by molar-refractivity contribution is 7.85. The van der Waals surface area contributed by atoms with Crippen LogP contribution in [-0.2, 0) is 10.1 Å². The molecular weight excluding hydrogens is 248 g/mol. The summed E-state index contributed by atoms with van der Waals surface area (Å²) in [6.45, 7) is 3.83. The van der Waals surface area contributed by atoms with Crippen LogP contribution < -0.4 is 0 Å². The minimum absolute atomic E-state index is 0.263. The first-order valence-electron chi connectivity index (χ1n) is 5.85. The highest BCUT2D eigenvalue weighted by atomic mass is 32.2. The van der Waals surface area contributed by atoms with Gasteiger partial charge in [0.05, 0.1) is 5.75 Å². The minimum Gasteiger partial charge on any atom is -0.286 e. The van der Waals surface area contributed by atoms with Gasteiger partial charge >= 0.3 is 0 Å². The van der Waals surface area contributed by atoms with E-state index < -0.39 is 10.1 Å². The summed E-state index contributed by atoms with van der Waals surface area (Å²) in [4.78, 5) is 0. The maximum atomic E-state index is 11.2. The van der Waals surface area contributed by atoms with Crippen LogP contribution in [0.5, 0.6) is 0 Å². The van der Waals surface area contributed by atoms with Crippen molar-refractivity contribution >= 4 is 15.7 Å². The fourth-order valence-corrected chi connectivity index (χ4v) is 3.41. The zero-order valence-corrected chi connectivity index (χ0v) is 11.2. The average molecular weight is 264 g/mol. The van der Waals surface area contributed by atoms with Crippen LogP contribution in [0, 0.1) is 0 Å². The minimum atomic E-state index is -3.99. The van der Waals surface area contributed by atoms with Gasteiger partial charge in [0.25, 0.3) is 10.1 Å². The van der Waals surface area contributed by atoms with Crippen molar-refractivity contribution in [1.29, 1.82) is 0 Å². The lowest BCUT2D eigenvalue weighted by atomic mass is 9.99. The van der Waals surface area contributed by atoms with Gasteiger partial charge in [-0.25, -0.2) is 0 Å². The zero-order valence-electron chi connectivity index (χ0n) is 10.4. The maximum Gasteiger partial charge on any atom is 0.265 e. The van der Waals surface area contributed by atoms with Crippen LogP contribution in [0.4, 0.5) is 0 Å². The van der Waals surface area contributed by atoms with E-state index in [1.54, 1.807) is 0 Å². The maximum absolute atomic E-state index is 11.2. The normalized spacial score (nSPS) is 23.6. The topological polar surface area (TPSA) is 54.4 Å². The molecule has 0 radical (unpaired) electrons. The van der Waals surface area contributed by atoms with Crippen molar-refractivity contribution in [1.82, 2.24) is 0 Å². The molecule has 2 rings (SSSR count). The van der Waals surface area contributed by atoms with Gasteiger partial charge in [-0.3, -0.25) is 4.55 Å². The lowest BCUT2D eigenvalue weighted by Crippen LogP contribution is -2.13. The number of rotatable bonds is 2. The molecule has 1 aliphatic carbocycles. The summed E-state index contributed by atoms with van der Waals surface area (Å²) in [6.07, 6.45) is 3.91. The molecule has 0 bridgehead atoms.